The number of ether oxygens (including phenoxy) is 2. The van der Waals surface area contributed by atoms with Gasteiger partial charge in [-0.25, -0.2) is 4.79 Å². The minimum atomic E-state index is -0.491. The number of nitrogens with zero attached hydrogens (tertiary/aromatic N) is 1. The van der Waals surface area contributed by atoms with Crippen LogP contribution in [0.4, 0.5) is 11.4 Å². The molecule has 1 aromatic heterocycles. The number of benzene rings is 3. The third-order valence-electron chi connectivity index (χ3n) is 10.2. The van der Waals surface area contributed by atoms with Gasteiger partial charge in [0.1, 0.15) is 5.75 Å². The molecule has 2 bridgehead atoms. The Morgan fingerprint density at radius 3 is 2.36 bits per heavy atom. The van der Waals surface area contributed by atoms with Crippen molar-refractivity contribution in [2.24, 2.45) is 29.6 Å². The number of aromatic amines is 1. The van der Waals surface area contributed by atoms with Crippen LogP contribution in [0.3, 0.4) is 0 Å². The fourth-order valence-corrected chi connectivity index (χ4v) is 11.5. The molecule has 1 saturated heterocycles. The van der Waals surface area contributed by atoms with Crippen molar-refractivity contribution in [3.63, 3.8) is 0 Å². The lowest BCUT2D eigenvalue weighted by Gasteiger charge is -2.43. The van der Waals surface area contributed by atoms with E-state index in [1.165, 1.54) is 4.90 Å². The SMILES string of the molecule is CCOC(=O)c1ccc(NC(=O)COc2ccc(Cl)cc2[C@@H]2c3sc(=O)[nH]c3S[C@@H]3[C@@H]4C[C@@H]([C@@H]5C(=O)N(c6ccc(Cl)cc6)C(=O)[C@@H]45)[C@H]23)cc1. The average molecular weight is 751 g/mol. The monoisotopic (exact) mass is 749 g/mol. The number of amides is 3. The number of H-pyrrole nitrogens is 1. The summed E-state index contributed by atoms with van der Waals surface area (Å²) in [4.78, 5) is 70.7. The van der Waals surface area contributed by atoms with Crippen LogP contribution in [-0.4, -0.2) is 47.1 Å². The zero-order chi connectivity index (χ0) is 34.8. The van der Waals surface area contributed by atoms with Gasteiger partial charge in [0.15, 0.2) is 6.61 Å². The summed E-state index contributed by atoms with van der Waals surface area (Å²) in [6, 6.07) is 18.3. The second-order valence-corrected chi connectivity index (χ2v) is 15.8. The maximum Gasteiger partial charge on any atom is 0.338 e. The van der Waals surface area contributed by atoms with E-state index in [1.807, 2.05) is 0 Å². The number of carbonyl (C=O) groups is 4. The molecule has 2 saturated carbocycles. The van der Waals surface area contributed by atoms with Crippen molar-refractivity contribution in [3.05, 3.63) is 102 Å². The Hall–Kier alpha value is -4.10. The predicted octanol–water partition coefficient (Wildman–Crippen LogP) is 6.62. The van der Waals surface area contributed by atoms with Crippen LogP contribution in [0.15, 0.2) is 76.6 Å². The highest BCUT2D eigenvalue weighted by Gasteiger charge is 2.69. The molecule has 4 aromatic rings. The van der Waals surface area contributed by atoms with Crippen molar-refractivity contribution in [3.8, 4) is 5.75 Å². The van der Waals surface area contributed by atoms with Gasteiger partial charge in [0.2, 0.25) is 11.8 Å². The van der Waals surface area contributed by atoms with Gasteiger partial charge in [-0.15, -0.1) is 11.8 Å². The van der Waals surface area contributed by atoms with Crippen LogP contribution in [0.25, 0.3) is 0 Å². The molecular formula is C36H29Cl2N3O7S2. The molecule has 10 nitrogen and oxygen atoms in total. The van der Waals surface area contributed by atoms with E-state index in [0.29, 0.717) is 44.7 Å². The Bertz CT molecular complexity index is 2100. The van der Waals surface area contributed by atoms with Gasteiger partial charge in [-0.1, -0.05) is 34.5 Å². The Morgan fingerprint density at radius 2 is 1.64 bits per heavy atom. The molecule has 2 aliphatic carbocycles. The molecule has 0 spiro atoms. The average Bonchev–Trinajstić information content (AvgIpc) is 3.84. The highest BCUT2D eigenvalue weighted by molar-refractivity contribution is 8.00. The van der Waals surface area contributed by atoms with E-state index >= 15 is 0 Å². The zero-order valence-corrected chi connectivity index (χ0v) is 29.5. The van der Waals surface area contributed by atoms with Crippen molar-refractivity contribution >= 4 is 81.4 Å². The number of thioether (sulfide) groups is 1. The Labute approximate surface area is 304 Å². The maximum absolute atomic E-state index is 14.1. The van der Waals surface area contributed by atoms with Gasteiger partial charge < -0.3 is 19.8 Å². The molecule has 0 radical (unpaired) electrons. The van der Waals surface area contributed by atoms with Gasteiger partial charge in [-0.2, -0.15) is 0 Å². The molecule has 14 heteroatoms. The Morgan fingerprint density at radius 1 is 0.940 bits per heavy atom. The Balaban J connectivity index is 1.08. The smallest absolute Gasteiger partial charge is 0.338 e. The largest absolute Gasteiger partial charge is 0.483 e. The first kappa shape index (κ1) is 33.1. The minimum absolute atomic E-state index is 0.0429. The number of halogens is 2. The Kier molecular flexibility index (Phi) is 8.53. The van der Waals surface area contributed by atoms with E-state index in [2.05, 4.69) is 10.3 Å². The van der Waals surface area contributed by atoms with Gasteiger partial charge in [0, 0.05) is 37.3 Å². The van der Waals surface area contributed by atoms with Crippen LogP contribution < -0.4 is 19.8 Å². The van der Waals surface area contributed by atoms with Crippen molar-refractivity contribution in [1.82, 2.24) is 4.98 Å². The van der Waals surface area contributed by atoms with Crippen molar-refractivity contribution in [2.75, 3.05) is 23.4 Å². The van der Waals surface area contributed by atoms with Crippen molar-refractivity contribution in [2.45, 2.75) is 29.5 Å². The number of esters is 1. The van der Waals surface area contributed by atoms with Crippen molar-refractivity contribution in [1.29, 1.82) is 0 Å². The van der Waals surface area contributed by atoms with E-state index in [4.69, 9.17) is 32.7 Å². The number of fused-ring (bicyclic) bond motifs is 9. The summed E-state index contributed by atoms with van der Waals surface area (Å²) in [5, 5.41) is 4.46. The van der Waals surface area contributed by atoms with E-state index < -0.39 is 23.7 Å². The third kappa shape index (κ3) is 5.53. The second kappa shape index (κ2) is 12.9. The summed E-state index contributed by atoms with van der Waals surface area (Å²) >= 11 is 15.4. The van der Waals surface area contributed by atoms with Gasteiger partial charge in [-0.3, -0.25) is 24.1 Å². The fourth-order valence-electron chi connectivity index (χ4n) is 8.35. The molecule has 3 fully saturated rings. The van der Waals surface area contributed by atoms with Gasteiger partial charge in [0.25, 0.3) is 5.91 Å². The number of hydrogen-bond donors (Lipinski definition) is 2. The van der Waals surface area contributed by atoms with Crippen LogP contribution in [0.5, 0.6) is 5.75 Å². The minimum Gasteiger partial charge on any atom is -0.483 e. The lowest BCUT2D eigenvalue weighted by atomic mass is 9.68. The van der Waals surface area contributed by atoms with Crippen LogP contribution in [0.1, 0.15) is 40.1 Å². The van der Waals surface area contributed by atoms with E-state index in [1.54, 1.807) is 85.4 Å². The molecule has 4 aliphatic rings. The normalized spacial score (nSPS) is 26.0. The number of imide groups is 1. The summed E-state index contributed by atoms with van der Waals surface area (Å²) in [7, 11) is 0. The third-order valence-corrected chi connectivity index (χ3v) is 13.2. The van der Waals surface area contributed by atoms with E-state index in [-0.39, 0.29) is 58.8 Å². The number of anilines is 2. The summed E-state index contributed by atoms with van der Waals surface area (Å²) in [6.07, 6.45) is 0.716. The molecule has 7 atom stereocenters. The van der Waals surface area contributed by atoms with Crippen molar-refractivity contribution < 1.29 is 28.7 Å². The van der Waals surface area contributed by atoms with Crippen LogP contribution in [-0.2, 0) is 19.1 Å². The molecule has 2 N–H and O–H groups in total. The number of aromatic nitrogens is 1. The first-order valence-electron chi connectivity index (χ1n) is 16.1. The van der Waals surface area contributed by atoms with Crippen LogP contribution >= 0.6 is 46.3 Å². The molecule has 8 rings (SSSR count). The van der Waals surface area contributed by atoms with Crippen LogP contribution in [0, 0.1) is 29.6 Å². The molecular weight excluding hydrogens is 721 g/mol. The first-order valence-corrected chi connectivity index (χ1v) is 18.6. The highest BCUT2D eigenvalue weighted by atomic mass is 35.5. The molecule has 50 heavy (non-hydrogen) atoms. The number of nitrogens with one attached hydrogen (secondary N) is 2. The van der Waals surface area contributed by atoms with Crippen LogP contribution in [0.2, 0.25) is 10.0 Å². The molecule has 256 valence electrons. The van der Waals surface area contributed by atoms with Gasteiger partial charge >= 0.3 is 10.8 Å². The van der Waals surface area contributed by atoms with E-state index in [0.717, 1.165) is 21.2 Å². The topological polar surface area (TPSA) is 135 Å². The molecule has 3 aromatic carbocycles. The molecule has 3 amide bonds. The summed E-state index contributed by atoms with van der Waals surface area (Å²) in [5.74, 6) is -2.43. The summed E-state index contributed by atoms with van der Waals surface area (Å²) in [5.41, 5.74) is 2.08. The number of hydrogen-bond acceptors (Lipinski definition) is 9. The molecule has 3 heterocycles. The standard InChI is InChI=1S/C36H29Cl2N3O7S2/c1-2-47-35(45)16-3-8-19(9-4-16)39-25(42)15-48-24-12-7-18(38)13-21(24)26-27-22-14-23(30(27)49-32-31(26)50-36(46)40-32)29-28(22)33(43)41(34(29)44)20-10-5-17(37)6-11-20/h3-13,22-23,26-30H,2,14-15H2,1H3,(H,39,42)(H,40,46)/t22-,23-,26+,27-,28+,29+,30-/m1/s1. The number of rotatable bonds is 8. The zero-order valence-electron chi connectivity index (χ0n) is 26.4. The number of carbonyl (C=O) groups excluding carboxylic acids is 4. The molecule has 2 aliphatic heterocycles. The maximum atomic E-state index is 14.1. The summed E-state index contributed by atoms with van der Waals surface area (Å²) < 4.78 is 11.2. The quantitative estimate of drug-likeness (QED) is 0.152. The number of thiazole rings is 1. The van der Waals surface area contributed by atoms with Gasteiger partial charge in [-0.05, 0) is 97.8 Å². The van der Waals surface area contributed by atoms with E-state index in [9.17, 15) is 24.0 Å². The van der Waals surface area contributed by atoms with Gasteiger partial charge in [0.05, 0.1) is 34.7 Å². The predicted molar refractivity (Wildman–Crippen MR) is 190 cm³/mol. The second-order valence-electron chi connectivity index (χ2n) is 12.8. The lowest BCUT2D eigenvalue weighted by Crippen LogP contribution is -2.42. The highest BCUT2D eigenvalue weighted by Crippen LogP contribution is 2.69. The molecule has 0 unspecified atom stereocenters. The fraction of sp³-hybridized carbons (Fsp3) is 0.306. The first-order chi connectivity index (χ1) is 24.1. The summed E-state index contributed by atoms with van der Waals surface area (Å²) in [6.45, 7) is 1.67. The lowest BCUT2D eigenvalue weighted by molar-refractivity contribution is -0.123.